The van der Waals surface area contributed by atoms with E-state index < -0.39 is 0 Å². The fraction of sp³-hybridized carbons (Fsp3) is 0.500. The molecular weight excluding hydrogens is 264 g/mol. The predicted octanol–water partition coefficient (Wildman–Crippen LogP) is 2.17. The maximum atomic E-state index is 12.3. The molecule has 5 nitrogen and oxygen atoms in total. The van der Waals surface area contributed by atoms with Crippen LogP contribution in [0.15, 0.2) is 24.3 Å². The number of H-pyrrole nitrogens is 1. The van der Waals surface area contributed by atoms with Crippen molar-refractivity contribution in [2.24, 2.45) is 0 Å². The molecule has 0 spiro atoms. The molecule has 1 aromatic heterocycles. The molecule has 1 aromatic carbocycles. The van der Waals surface area contributed by atoms with Crippen LogP contribution < -0.4 is 5.32 Å². The molecule has 3 rings (SSSR count). The number of fused-ring (bicyclic) bond motifs is 1. The lowest BCUT2D eigenvalue weighted by molar-refractivity contribution is 0.0914. The largest absolute Gasteiger partial charge is 0.349 e. The molecule has 2 aromatic rings. The zero-order valence-corrected chi connectivity index (χ0v) is 12.4. The van der Waals surface area contributed by atoms with E-state index >= 15 is 0 Å². The Labute approximate surface area is 124 Å². The van der Waals surface area contributed by atoms with Crippen molar-refractivity contribution in [3.63, 3.8) is 0 Å². The number of nitrogens with zero attached hydrogens (tertiary/aromatic N) is 2. The number of hydrogen-bond acceptors (Lipinski definition) is 3. The molecule has 5 heteroatoms. The summed E-state index contributed by atoms with van der Waals surface area (Å²) in [4.78, 5) is 14.8. The van der Waals surface area contributed by atoms with Crippen LogP contribution >= 0.6 is 0 Å². The van der Waals surface area contributed by atoms with Crippen molar-refractivity contribution in [3.05, 3.63) is 30.0 Å². The average molecular weight is 286 g/mol. The van der Waals surface area contributed by atoms with E-state index in [1.165, 1.54) is 12.8 Å². The van der Waals surface area contributed by atoms with E-state index in [2.05, 4.69) is 27.3 Å². The van der Waals surface area contributed by atoms with Crippen molar-refractivity contribution >= 4 is 16.8 Å². The van der Waals surface area contributed by atoms with Crippen LogP contribution in [0.2, 0.25) is 0 Å². The first-order chi connectivity index (χ1) is 10.3. The third-order valence-electron chi connectivity index (χ3n) is 4.34. The highest BCUT2D eigenvalue weighted by atomic mass is 16.1. The van der Waals surface area contributed by atoms with Crippen LogP contribution in [-0.2, 0) is 0 Å². The fourth-order valence-electron chi connectivity index (χ4n) is 3.14. The first kappa shape index (κ1) is 14.1. The average Bonchev–Trinajstić information content (AvgIpc) is 2.97. The van der Waals surface area contributed by atoms with Crippen LogP contribution in [0.4, 0.5) is 0 Å². The first-order valence-electron chi connectivity index (χ1n) is 7.75. The lowest BCUT2D eigenvalue weighted by atomic mass is 10.0. The van der Waals surface area contributed by atoms with Crippen LogP contribution in [0.5, 0.6) is 0 Å². The quantitative estimate of drug-likeness (QED) is 0.905. The smallest absolute Gasteiger partial charge is 0.272 e. The predicted molar refractivity (Wildman–Crippen MR) is 83.3 cm³/mol. The molecule has 1 aliphatic rings. The summed E-state index contributed by atoms with van der Waals surface area (Å²) < 4.78 is 0. The van der Waals surface area contributed by atoms with Gasteiger partial charge in [-0.3, -0.25) is 14.8 Å². The molecule has 0 saturated carbocycles. The minimum atomic E-state index is -0.0888. The second kappa shape index (κ2) is 6.26. The van der Waals surface area contributed by atoms with Gasteiger partial charge in [0.15, 0.2) is 5.69 Å². The number of aromatic nitrogens is 2. The summed E-state index contributed by atoms with van der Waals surface area (Å²) >= 11 is 0. The third-order valence-corrected chi connectivity index (χ3v) is 4.34. The summed E-state index contributed by atoms with van der Waals surface area (Å²) in [7, 11) is 0. The summed E-state index contributed by atoms with van der Waals surface area (Å²) in [5.74, 6) is -0.0888. The second-order valence-electron chi connectivity index (χ2n) is 5.61. The van der Waals surface area contributed by atoms with E-state index in [1.54, 1.807) is 0 Å². The minimum absolute atomic E-state index is 0.0888. The van der Waals surface area contributed by atoms with E-state index in [0.29, 0.717) is 18.3 Å². The number of aromatic amines is 1. The Balaban J connectivity index is 1.66. The van der Waals surface area contributed by atoms with Crippen molar-refractivity contribution in [1.29, 1.82) is 0 Å². The zero-order valence-electron chi connectivity index (χ0n) is 12.4. The Morgan fingerprint density at radius 2 is 2.29 bits per heavy atom. The van der Waals surface area contributed by atoms with Gasteiger partial charge in [0, 0.05) is 18.0 Å². The summed E-state index contributed by atoms with van der Waals surface area (Å²) in [6.07, 6.45) is 3.68. The molecule has 21 heavy (non-hydrogen) atoms. The topological polar surface area (TPSA) is 61.0 Å². The summed E-state index contributed by atoms with van der Waals surface area (Å²) in [6, 6.07) is 8.17. The zero-order chi connectivity index (χ0) is 14.7. The molecule has 1 atom stereocenters. The molecule has 2 N–H and O–H groups in total. The number of carbonyl (C=O) groups excluding carboxylic acids is 1. The summed E-state index contributed by atoms with van der Waals surface area (Å²) in [6.45, 7) is 5.07. The first-order valence-corrected chi connectivity index (χ1v) is 7.75. The van der Waals surface area contributed by atoms with E-state index in [9.17, 15) is 4.79 Å². The van der Waals surface area contributed by atoms with E-state index in [0.717, 1.165) is 30.4 Å². The number of amides is 1. The number of para-hydroxylation sites is 1. The number of likely N-dealkylation sites (tertiary alicyclic amines) is 1. The van der Waals surface area contributed by atoms with E-state index in [1.807, 2.05) is 24.3 Å². The van der Waals surface area contributed by atoms with Gasteiger partial charge >= 0.3 is 0 Å². The van der Waals surface area contributed by atoms with Crippen LogP contribution in [-0.4, -0.2) is 46.7 Å². The Bertz CT molecular complexity index is 622. The van der Waals surface area contributed by atoms with Crippen LogP contribution in [0.3, 0.4) is 0 Å². The number of hydrogen-bond donors (Lipinski definition) is 2. The molecule has 0 aliphatic carbocycles. The molecule has 0 bridgehead atoms. The van der Waals surface area contributed by atoms with Crippen LogP contribution in [0.1, 0.15) is 36.7 Å². The number of benzene rings is 1. The number of likely N-dealkylation sites (N-methyl/N-ethyl adjacent to an activating group) is 1. The Morgan fingerprint density at radius 1 is 1.43 bits per heavy atom. The van der Waals surface area contributed by atoms with E-state index in [4.69, 9.17) is 0 Å². The van der Waals surface area contributed by atoms with Gasteiger partial charge in [-0.2, -0.15) is 5.10 Å². The Morgan fingerprint density at radius 3 is 3.14 bits per heavy atom. The highest BCUT2D eigenvalue weighted by Gasteiger charge is 2.22. The van der Waals surface area contributed by atoms with Gasteiger partial charge in [-0.15, -0.1) is 0 Å². The van der Waals surface area contributed by atoms with Gasteiger partial charge in [-0.1, -0.05) is 31.5 Å². The van der Waals surface area contributed by atoms with Crippen molar-refractivity contribution in [3.8, 4) is 0 Å². The van der Waals surface area contributed by atoms with Crippen molar-refractivity contribution in [1.82, 2.24) is 20.4 Å². The number of piperidine rings is 1. The maximum Gasteiger partial charge on any atom is 0.272 e. The Kier molecular flexibility index (Phi) is 4.20. The Hall–Kier alpha value is -1.88. The molecular formula is C16H22N4O. The van der Waals surface area contributed by atoms with Crippen molar-refractivity contribution < 1.29 is 4.79 Å². The maximum absolute atomic E-state index is 12.3. The van der Waals surface area contributed by atoms with Gasteiger partial charge in [0.25, 0.3) is 5.91 Å². The van der Waals surface area contributed by atoms with Gasteiger partial charge in [-0.25, -0.2) is 0 Å². The molecule has 1 aliphatic heterocycles. The second-order valence-corrected chi connectivity index (χ2v) is 5.61. The normalized spacial score (nSPS) is 19.8. The summed E-state index contributed by atoms with van der Waals surface area (Å²) in [5.41, 5.74) is 1.39. The molecule has 2 heterocycles. The fourth-order valence-corrected chi connectivity index (χ4v) is 3.14. The van der Waals surface area contributed by atoms with E-state index in [-0.39, 0.29) is 5.91 Å². The molecule has 1 saturated heterocycles. The number of nitrogens with one attached hydrogen (secondary N) is 2. The van der Waals surface area contributed by atoms with Gasteiger partial charge in [-0.05, 0) is 32.0 Å². The van der Waals surface area contributed by atoms with Crippen LogP contribution in [0.25, 0.3) is 10.9 Å². The minimum Gasteiger partial charge on any atom is -0.349 e. The monoisotopic (exact) mass is 286 g/mol. The molecule has 1 amide bonds. The molecule has 1 fully saturated rings. The highest BCUT2D eigenvalue weighted by molar-refractivity contribution is 6.04. The van der Waals surface area contributed by atoms with Gasteiger partial charge < -0.3 is 5.32 Å². The molecule has 0 radical (unpaired) electrons. The lowest BCUT2D eigenvalue weighted by Gasteiger charge is -2.34. The third kappa shape index (κ3) is 2.93. The van der Waals surface area contributed by atoms with Gasteiger partial charge in [0.1, 0.15) is 0 Å². The summed E-state index contributed by atoms with van der Waals surface area (Å²) in [5, 5.41) is 11.0. The van der Waals surface area contributed by atoms with Gasteiger partial charge in [0.2, 0.25) is 0 Å². The number of carbonyl (C=O) groups is 1. The van der Waals surface area contributed by atoms with Gasteiger partial charge in [0.05, 0.1) is 5.52 Å². The SMILES string of the molecule is CCN1CCCCC1CNC(=O)c1n[nH]c2ccccc12. The standard InChI is InChI=1S/C16H22N4O/c1-2-20-10-6-5-7-12(20)11-17-16(21)15-13-8-3-4-9-14(13)18-19-15/h3-4,8-9,12H,2,5-7,10-11H2,1H3,(H,17,21)(H,18,19). The van der Waals surface area contributed by atoms with Crippen molar-refractivity contribution in [2.45, 2.75) is 32.2 Å². The van der Waals surface area contributed by atoms with Crippen molar-refractivity contribution in [2.75, 3.05) is 19.6 Å². The van der Waals surface area contributed by atoms with Crippen LogP contribution in [0, 0.1) is 0 Å². The lowest BCUT2D eigenvalue weighted by Crippen LogP contribution is -2.46. The number of rotatable bonds is 4. The molecule has 1 unspecified atom stereocenters. The highest BCUT2D eigenvalue weighted by Crippen LogP contribution is 2.17. The molecule has 112 valence electrons.